The van der Waals surface area contributed by atoms with Crippen LogP contribution >= 0.6 is 36.6 Å². The summed E-state index contributed by atoms with van der Waals surface area (Å²) >= 11 is 1.90. The molecule has 0 spiro atoms. The Kier molecular flexibility index (Phi) is 38.8. The molecule has 7 N–H and O–H groups in total. The standard InChI is InChI=1S/C58H94N6O14S.2ClH/c59-49-13-15-50(16-14-49)62-52-43-51(52)47-11-9-46(10-12-47)48-5-3-4-45(42-48)8-17-56(66)61-19-21-69-23-25-71-27-29-73-31-33-75-35-37-77-39-41-78-40-38-76-36-34-74-32-30-72-28-26-70-24-22-68-20-18-60-55(65)7-2-1-6-54-57-53(44-79-54)63-58(67)64-57;;/h3-5,9-12,42,49-54,57,62H,1-2,6-8,13-41,43-44,59H2,(H,60,65)(H,61,66)(H2,63,64,67);2*1H/t49-,50-,51?,52?,53-,54-,57-;;/m0../s1. The number of fused-ring (bicyclic) bond motifs is 1. The van der Waals surface area contributed by atoms with Crippen molar-refractivity contribution in [2.75, 3.05) is 164 Å². The van der Waals surface area contributed by atoms with Gasteiger partial charge in [0.1, 0.15) is 0 Å². The summed E-state index contributed by atoms with van der Waals surface area (Å²) in [5.74, 6) is 1.62. The zero-order chi connectivity index (χ0) is 55.2. The van der Waals surface area contributed by atoms with Gasteiger partial charge in [0.2, 0.25) is 11.8 Å². The Balaban J connectivity index is 0.00000706. The molecule has 2 unspecified atom stereocenters. The number of thioether (sulfide) groups is 1. The van der Waals surface area contributed by atoms with Gasteiger partial charge in [-0.2, -0.15) is 11.8 Å². The van der Waals surface area contributed by atoms with Gasteiger partial charge >= 0.3 is 6.03 Å². The molecule has 20 nitrogen and oxygen atoms in total. The van der Waals surface area contributed by atoms with E-state index in [-0.39, 0.29) is 54.7 Å². The lowest BCUT2D eigenvalue weighted by molar-refractivity contribution is -0.122. The lowest BCUT2D eigenvalue weighted by Gasteiger charge is -2.27. The predicted octanol–water partition coefficient (Wildman–Crippen LogP) is 4.99. The molecule has 2 saturated carbocycles. The Morgan fingerprint density at radius 2 is 1.02 bits per heavy atom. The second-order valence-electron chi connectivity index (χ2n) is 20.4. The van der Waals surface area contributed by atoms with Gasteiger partial charge < -0.3 is 84.4 Å². The third kappa shape index (κ3) is 31.1. The zero-order valence-corrected chi connectivity index (χ0v) is 50.1. The number of aryl methyl sites for hydroxylation is 1. The molecule has 4 amide bonds. The van der Waals surface area contributed by atoms with Crippen LogP contribution in [0.1, 0.15) is 81.3 Å². The van der Waals surface area contributed by atoms with E-state index < -0.39 is 0 Å². The van der Waals surface area contributed by atoms with Crippen molar-refractivity contribution in [2.45, 2.75) is 112 Å². The molecule has 2 aliphatic heterocycles. The number of halogens is 2. The van der Waals surface area contributed by atoms with E-state index in [2.05, 4.69) is 75.1 Å². The molecule has 0 bridgehead atoms. The Labute approximate surface area is 498 Å². The van der Waals surface area contributed by atoms with Crippen molar-refractivity contribution in [1.82, 2.24) is 26.6 Å². The molecule has 2 saturated heterocycles. The Hall–Kier alpha value is -2.94. The lowest BCUT2D eigenvalue weighted by Crippen LogP contribution is -2.38. The van der Waals surface area contributed by atoms with Gasteiger partial charge in [0.15, 0.2) is 0 Å². The number of nitrogens with one attached hydrogen (secondary N) is 5. The van der Waals surface area contributed by atoms with E-state index in [1.807, 2.05) is 11.8 Å². The van der Waals surface area contributed by atoms with Crippen LogP contribution in [0.25, 0.3) is 11.1 Å². The summed E-state index contributed by atoms with van der Waals surface area (Å²) in [4.78, 5) is 36.1. The SMILES string of the molecule is Cl.Cl.N[C@H]1CC[C@H](NC2CC2c2ccc(-c3cccc(CCC(=O)NCCOCCOCCOCCOCCOCCOCCOCCOCCOCCOCCOCCNC(=O)CCCC[C@@H]4SC[C@@H]5NC(=O)N[C@@H]54)c3)cc2)CC1. The summed E-state index contributed by atoms with van der Waals surface area (Å²) in [6, 6.07) is 19.5. The molecule has 5 atom stereocenters. The van der Waals surface area contributed by atoms with Crippen LogP contribution in [-0.4, -0.2) is 217 Å². The molecule has 2 heterocycles. The molecular formula is C58H96Cl2N6O14S. The number of urea groups is 1. The highest BCUT2D eigenvalue weighted by Crippen LogP contribution is 2.42. The van der Waals surface area contributed by atoms with E-state index in [1.54, 1.807) is 0 Å². The fraction of sp³-hybridized carbons (Fsp3) is 0.741. The van der Waals surface area contributed by atoms with Crippen molar-refractivity contribution in [2.24, 2.45) is 5.73 Å². The van der Waals surface area contributed by atoms with Crippen LogP contribution in [0.2, 0.25) is 0 Å². The number of nitrogens with two attached hydrogens (primary N) is 1. The van der Waals surface area contributed by atoms with Crippen molar-refractivity contribution in [1.29, 1.82) is 0 Å². The molecule has 23 heteroatoms. The number of unbranched alkanes of at least 4 members (excludes halogenated alkanes) is 1. The van der Waals surface area contributed by atoms with E-state index in [0.717, 1.165) is 43.4 Å². The number of rotatable bonds is 48. The van der Waals surface area contributed by atoms with Gasteiger partial charge in [-0.3, -0.25) is 9.59 Å². The van der Waals surface area contributed by atoms with Gasteiger partial charge in [-0.05, 0) is 73.6 Å². The minimum atomic E-state index is -0.0632. The van der Waals surface area contributed by atoms with Crippen LogP contribution in [0.5, 0.6) is 0 Å². The number of carbonyl (C=O) groups is 3. The highest BCUT2D eigenvalue weighted by molar-refractivity contribution is 8.00. The van der Waals surface area contributed by atoms with Gasteiger partial charge in [0.25, 0.3) is 0 Å². The third-order valence-corrected chi connectivity index (χ3v) is 15.7. The van der Waals surface area contributed by atoms with Crippen LogP contribution in [0.15, 0.2) is 48.5 Å². The van der Waals surface area contributed by atoms with Crippen LogP contribution in [0, 0.1) is 0 Å². The number of benzene rings is 2. The second-order valence-corrected chi connectivity index (χ2v) is 21.6. The molecule has 81 heavy (non-hydrogen) atoms. The molecular weight excluding hydrogens is 1110 g/mol. The average Bonchev–Trinajstić information content (AvgIpc) is 4.20. The third-order valence-electron chi connectivity index (χ3n) is 14.2. The highest BCUT2D eigenvalue weighted by Gasteiger charge is 2.42. The monoisotopic (exact) mass is 1200 g/mol. The van der Waals surface area contributed by atoms with Crippen LogP contribution in [0.4, 0.5) is 4.79 Å². The van der Waals surface area contributed by atoms with Crippen LogP contribution in [0.3, 0.4) is 0 Å². The maximum Gasteiger partial charge on any atom is 0.315 e. The average molecular weight is 1200 g/mol. The normalized spacial score (nSPS) is 20.9. The maximum atomic E-state index is 12.5. The summed E-state index contributed by atoms with van der Waals surface area (Å²) in [5.41, 5.74) is 11.0. The quantitative estimate of drug-likeness (QED) is 0.0378. The molecule has 6 rings (SSSR count). The first-order chi connectivity index (χ1) is 38.9. The highest BCUT2D eigenvalue weighted by atomic mass is 35.5. The fourth-order valence-corrected chi connectivity index (χ4v) is 11.2. The van der Waals surface area contributed by atoms with Crippen LogP contribution in [-0.2, 0) is 68.1 Å². The molecule has 0 aromatic heterocycles. The van der Waals surface area contributed by atoms with E-state index in [1.165, 1.54) is 36.0 Å². The minimum absolute atomic E-state index is 0. The zero-order valence-electron chi connectivity index (χ0n) is 47.6. The number of hydrogen-bond donors (Lipinski definition) is 6. The smallest absolute Gasteiger partial charge is 0.315 e. The first-order valence-electron chi connectivity index (χ1n) is 29.2. The van der Waals surface area contributed by atoms with Gasteiger partial charge in [-0.25, -0.2) is 4.79 Å². The van der Waals surface area contributed by atoms with E-state index in [0.29, 0.717) is 207 Å². The van der Waals surface area contributed by atoms with E-state index in [9.17, 15) is 14.4 Å². The molecule has 0 radical (unpaired) electrons. The Morgan fingerprint density at radius 3 is 1.52 bits per heavy atom. The first kappa shape index (κ1) is 70.5. The Morgan fingerprint density at radius 1 is 0.556 bits per heavy atom. The van der Waals surface area contributed by atoms with Gasteiger partial charge in [0, 0.05) is 61.0 Å². The largest absolute Gasteiger partial charge is 0.377 e. The van der Waals surface area contributed by atoms with Crippen molar-refractivity contribution in [3.63, 3.8) is 0 Å². The number of carbonyl (C=O) groups excluding carboxylic acids is 3. The molecule has 2 aromatic rings. The predicted molar refractivity (Wildman–Crippen MR) is 318 cm³/mol. The summed E-state index contributed by atoms with van der Waals surface area (Å²) in [5, 5.41) is 16.1. The van der Waals surface area contributed by atoms with Gasteiger partial charge in [0.05, 0.1) is 157 Å². The minimum Gasteiger partial charge on any atom is -0.377 e. The summed E-state index contributed by atoms with van der Waals surface area (Å²) in [6.45, 7) is 11.3. The summed E-state index contributed by atoms with van der Waals surface area (Å²) < 4.78 is 61.0. The van der Waals surface area contributed by atoms with Crippen molar-refractivity contribution in [3.8, 4) is 11.1 Å². The molecule has 4 aliphatic rings. The van der Waals surface area contributed by atoms with Crippen molar-refractivity contribution >= 4 is 54.4 Å². The van der Waals surface area contributed by atoms with Crippen molar-refractivity contribution in [3.05, 3.63) is 59.7 Å². The van der Waals surface area contributed by atoms with Gasteiger partial charge in [-0.1, -0.05) is 55.0 Å². The molecule has 462 valence electrons. The van der Waals surface area contributed by atoms with E-state index >= 15 is 0 Å². The fourth-order valence-electron chi connectivity index (χ4n) is 9.70. The van der Waals surface area contributed by atoms with Gasteiger partial charge in [-0.15, -0.1) is 24.8 Å². The Bertz CT molecular complexity index is 1950. The number of ether oxygens (including phenoxy) is 11. The van der Waals surface area contributed by atoms with Crippen LogP contribution < -0.4 is 32.3 Å². The summed E-state index contributed by atoms with van der Waals surface area (Å²) in [7, 11) is 0. The van der Waals surface area contributed by atoms with Crippen molar-refractivity contribution < 1.29 is 66.5 Å². The second kappa shape index (κ2) is 44.5. The first-order valence-corrected chi connectivity index (χ1v) is 30.2. The topological polar surface area (TPSA) is 239 Å². The summed E-state index contributed by atoms with van der Waals surface area (Å²) in [6.07, 6.45) is 10.3. The number of hydrogen-bond acceptors (Lipinski definition) is 17. The molecule has 2 aromatic carbocycles. The molecule has 4 fully saturated rings. The lowest BCUT2D eigenvalue weighted by atomic mass is 9.91. The van der Waals surface area contributed by atoms with E-state index in [4.69, 9.17) is 57.8 Å². The number of amides is 4. The molecule has 2 aliphatic carbocycles. The maximum absolute atomic E-state index is 12.5.